The van der Waals surface area contributed by atoms with Crippen molar-refractivity contribution < 1.29 is 17.9 Å². The predicted octanol–water partition coefficient (Wildman–Crippen LogP) is 1.80. The number of nitrogens with one attached hydrogen (secondary N) is 2. The van der Waals surface area contributed by atoms with Gasteiger partial charge < -0.3 is 20.1 Å². The van der Waals surface area contributed by atoms with Crippen LogP contribution in [-0.4, -0.2) is 57.8 Å². The Morgan fingerprint density at radius 2 is 2.20 bits per heavy atom. The van der Waals surface area contributed by atoms with E-state index in [9.17, 15) is 8.42 Å². The van der Waals surface area contributed by atoms with Crippen LogP contribution in [0.5, 0.6) is 5.75 Å². The number of benzene rings is 1. The van der Waals surface area contributed by atoms with Crippen molar-refractivity contribution in [3.63, 3.8) is 0 Å². The summed E-state index contributed by atoms with van der Waals surface area (Å²) in [4.78, 5) is 0.103. The van der Waals surface area contributed by atoms with Crippen LogP contribution in [-0.2, 0) is 14.8 Å². The molecule has 9 heteroatoms. The van der Waals surface area contributed by atoms with E-state index in [1.165, 1.54) is 20.2 Å². The second-order valence-electron chi connectivity index (χ2n) is 5.85. The fourth-order valence-corrected chi connectivity index (χ4v) is 3.70. The van der Waals surface area contributed by atoms with Crippen molar-refractivity contribution in [3.05, 3.63) is 18.2 Å². The van der Waals surface area contributed by atoms with Gasteiger partial charge in [0, 0.05) is 32.9 Å². The molecule has 1 aliphatic rings. The van der Waals surface area contributed by atoms with Crippen LogP contribution in [0.15, 0.2) is 23.1 Å². The SMILES string of the molecule is CCOc1ccc(NC(=S)NC[C@H]2CCCO2)cc1S(=O)(=O)N(C)C. The van der Waals surface area contributed by atoms with Gasteiger partial charge in [-0.2, -0.15) is 0 Å². The van der Waals surface area contributed by atoms with Crippen molar-refractivity contribution in [1.82, 2.24) is 9.62 Å². The van der Waals surface area contributed by atoms with Crippen LogP contribution in [0, 0.1) is 0 Å². The van der Waals surface area contributed by atoms with E-state index in [4.69, 9.17) is 21.7 Å². The monoisotopic (exact) mass is 387 g/mol. The van der Waals surface area contributed by atoms with Gasteiger partial charge in [-0.25, -0.2) is 12.7 Å². The molecule has 1 aromatic carbocycles. The average Bonchev–Trinajstić information content (AvgIpc) is 3.08. The van der Waals surface area contributed by atoms with Gasteiger partial charge in [0.05, 0.1) is 12.7 Å². The van der Waals surface area contributed by atoms with E-state index < -0.39 is 10.0 Å². The molecule has 0 amide bonds. The topological polar surface area (TPSA) is 79.9 Å². The summed E-state index contributed by atoms with van der Waals surface area (Å²) in [5.41, 5.74) is 0.578. The van der Waals surface area contributed by atoms with E-state index >= 15 is 0 Å². The lowest BCUT2D eigenvalue weighted by molar-refractivity contribution is 0.114. The predicted molar refractivity (Wildman–Crippen MR) is 102 cm³/mol. The number of sulfonamides is 1. The van der Waals surface area contributed by atoms with Crippen LogP contribution in [0.25, 0.3) is 0 Å². The zero-order valence-corrected chi connectivity index (χ0v) is 16.4. The Morgan fingerprint density at radius 1 is 1.44 bits per heavy atom. The second kappa shape index (κ2) is 8.79. The molecular weight excluding hydrogens is 362 g/mol. The Hall–Kier alpha value is -1.42. The van der Waals surface area contributed by atoms with Crippen molar-refractivity contribution in [3.8, 4) is 5.75 Å². The standard InChI is InChI=1S/C16H25N3O4S2/c1-4-22-14-8-7-12(10-15(14)25(20,21)19(2)3)18-16(24)17-11-13-6-5-9-23-13/h7-8,10,13H,4-6,9,11H2,1-3H3,(H2,17,18,24)/t13-/m1/s1. The van der Waals surface area contributed by atoms with Crippen molar-refractivity contribution in [2.45, 2.75) is 30.8 Å². The lowest BCUT2D eigenvalue weighted by Crippen LogP contribution is -2.34. The van der Waals surface area contributed by atoms with E-state index in [0.717, 1.165) is 23.8 Å². The summed E-state index contributed by atoms with van der Waals surface area (Å²) in [5.74, 6) is 0.319. The summed E-state index contributed by atoms with van der Waals surface area (Å²) in [7, 11) is -0.659. The van der Waals surface area contributed by atoms with Crippen LogP contribution in [0.2, 0.25) is 0 Å². The maximum Gasteiger partial charge on any atom is 0.246 e. The lowest BCUT2D eigenvalue weighted by Gasteiger charge is -2.18. The molecule has 1 fully saturated rings. The molecule has 25 heavy (non-hydrogen) atoms. The minimum absolute atomic E-state index is 0.103. The first-order valence-corrected chi connectivity index (χ1v) is 10.0. The third kappa shape index (κ3) is 5.27. The van der Waals surface area contributed by atoms with Crippen LogP contribution in [0.4, 0.5) is 5.69 Å². The van der Waals surface area contributed by atoms with Gasteiger partial charge in [0.2, 0.25) is 10.0 Å². The number of rotatable bonds is 7. The molecule has 140 valence electrons. The normalized spacial score (nSPS) is 17.5. The van der Waals surface area contributed by atoms with Gasteiger partial charge in [0.15, 0.2) is 5.11 Å². The molecule has 1 saturated heterocycles. The Kier molecular flexibility index (Phi) is 7.00. The number of hydrogen-bond acceptors (Lipinski definition) is 5. The number of thiocarbonyl (C=S) groups is 1. The summed E-state index contributed by atoms with van der Waals surface area (Å²) in [6.45, 7) is 3.61. The molecule has 1 aliphatic heterocycles. The average molecular weight is 388 g/mol. The number of nitrogens with zero attached hydrogens (tertiary/aromatic N) is 1. The van der Waals surface area contributed by atoms with Crippen LogP contribution in [0.1, 0.15) is 19.8 Å². The number of ether oxygens (including phenoxy) is 2. The van der Waals surface area contributed by atoms with Crippen molar-refractivity contribution in [2.75, 3.05) is 39.2 Å². The third-order valence-electron chi connectivity index (χ3n) is 3.77. The quantitative estimate of drug-likeness (QED) is 0.691. The maximum atomic E-state index is 12.5. The Labute approximate surface area is 154 Å². The first-order valence-electron chi connectivity index (χ1n) is 8.20. The van der Waals surface area contributed by atoms with Gasteiger partial charge in [-0.15, -0.1) is 0 Å². The molecule has 2 rings (SSSR count). The van der Waals surface area contributed by atoms with E-state index in [-0.39, 0.29) is 11.0 Å². The zero-order valence-electron chi connectivity index (χ0n) is 14.7. The molecule has 7 nitrogen and oxygen atoms in total. The molecule has 1 aromatic rings. The fourth-order valence-electron chi connectivity index (χ4n) is 2.45. The van der Waals surface area contributed by atoms with Crippen molar-refractivity contribution in [1.29, 1.82) is 0 Å². The van der Waals surface area contributed by atoms with E-state index in [2.05, 4.69) is 10.6 Å². The van der Waals surface area contributed by atoms with Crippen molar-refractivity contribution in [2.24, 2.45) is 0 Å². The van der Waals surface area contributed by atoms with Crippen LogP contribution >= 0.6 is 12.2 Å². The van der Waals surface area contributed by atoms with E-state index in [0.29, 0.717) is 29.7 Å². The summed E-state index contributed by atoms with van der Waals surface area (Å²) in [5, 5.41) is 6.53. The minimum Gasteiger partial charge on any atom is -0.492 e. The molecule has 1 heterocycles. The third-order valence-corrected chi connectivity index (χ3v) is 5.86. The first-order chi connectivity index (χ1) is 11.8. The van der Waals surface area contributed by atoms with E-state index in [1.807, 2.05) is 6.92 Å². The highest BCUT2D eigenvalue weighted by molar-refractivity contribution is 7.89. The van der Waals surface area contributed by atoms with Gasteiger partial charge in [0.25, 0.3) is 0 Å². The van der Waals surface area contributed by atoms with E-state index in [1.54, 1.807) is 12.1 Å². The highest BCUT2D eigenvalue weighted by Gasteiger charge is 2.23. The van der Waals surface area contributed by atoms with Gasteiger partial charge in [0.1, 0.15) is 10.6 Å². The minimum atomic E-state index is -3.63. The molecule has 0 aliphatic carbocycles. The highest BCUT2D eigenvalue weighted by atomic mass is 32.2. The number of hydrogen-bond donors (Lipinski definition) is 2. The Balaban J connectivity index is 2.11. The molecule has 1 atom stereocenters. The zero-order chi connectivity index (χ0) is 18.4. The van der Waals surface area contributed by atoms with Crippen molar-refractivity contribution >= 4 is 33.0 Å². The number of anilines is 1. The second-order valence-corrected chi connectivity index (χ2v) is 8.38. The Bertz CT molecular complexity index is 701. The molecular formula is C16H25N3O4S2. The molecule has 2 N–H and O–H groups in total. The lowest BCUT2D eigenvalue weighted by atomic mass is 10.2. The van der Waals surface area contributed by atoms with Gasteiger partial charge in [-0.3, -0.25) is 0 Å². The summed E-state index contributed by atoms with van der Waals surface area (Å²) in [6, 6.07) is 4.89. The molecule has 0 bridgehead atoms. The maximum absolute atomic E-state index is 12.5. The summed E-state index contributed by atoms with van der Waals surface area (Å²) in [6.07, 6.45) is 2.26. The van der Waals surface area contributed by atoms with Crippen LogP contribution < -0.4 is 15.4 Å². The van der Waals surface area contributed by atoms with Gasteiger partial charge in [-0.1, -0.05) is 0 Å². The van der Waals surface area contributed by atoms with Gasteiger partial charge >= 0.3 is 0 Å². The molecule has 0 saturated carbocycles. The van der Waals surface area contributed by atoms with Gasteiger partial charge in [-0.05, 0) is 50.2 Å². The largest absolute Gasteiger partial charge is 0.492 e. The Morgan fingerprint density at radius 3 is 2.80 bits per heavy atom. The summed E-state index contributed by atoms with van der Waals surface area (Å²) >= 11 is 5.27. The first kappa shape index (κ1) is 19.9. The molecule has 0 unspecified atom stereocenters. The molecule has 0 spiro atoms. The molecule has 0 radical (unpaired) electrons. The smallest absolute Gasteiger partial charge is 0.246 e. The fraction of sp³-hybridized carbons (Fsp3) is 0.562. The molecule has 0 aromatic heterocycles. The van der Waals surface area contributed by atoms with Crippen LogP contribution in [0.3, 0.4) is 0 Å². The highest BCUT2D eigenvalue weighted by Crippen LogP contribution is 2.29. The summed E-state index contributed by atoms with van der Waals surface area (Å²) < 4.78 is 37.2.